The molecule has 0 aromatic rings. The number of Topliss-reactive ketones (excluding diaryl/α,β-unsaturated/α-hetero) is 2. The van der Waals surface area contributed by atoms with Gasteiger partial charge < -0.3 is 39.0 Å². The summed E-state index contributed by atoms with van der Waals surface area (Å²) < 4.78 is 46.7. The monoisotopic (exact) mass is 887 g/mol. The van der Waals surface area contributed by atoms with Crippen molar-refractivity contribution in [2.75, 3.05) is 27.4 Å². The van der Waals surface area contributed by atoms with Crippen LogP contribution in [0.15, 0.2) is 36.0 Å². The fourth-order valence-corrected chi connectivity index (χ4v) is 10.2. The number of esters is 1. The number of nitrogens with one attached hydrogen (secondary N) is 1. The van der Waals surface area contributed by atoms with Crippen LogP contribution in [0.5, 0.6) is 0 Å². The van der Waals surface area contributed by atoms with Crippen molar-refractivity contribution in [1.29, 1.82) is 0 Å². The Hall–Kier alpha value is -3.30. The number of nitrogens with zero attached hydrogens (tertiary/aromatic N) is 1. The number of alkyl halides is 1. The molecule has 14 heteroatoms. The Morgan fingerprint density at radius 3 is 2.33 bits per heavy atom. The molecular weight excluding hydrogens is 812 g/mol. The molecule has 2 N–H and O–H groups in total. The summed E-state index contributed by atoms with van der Waals surface area (Å²) in [5, 5.41) is 15.3. The zero-order valence-corrected chi connectivity index (χ0v) is 39.0. The molecule has 4 fully saturated rings. The molecule has 13 nitrogen and oxygen atoms in total. The molecule has 0 aromatic carbocycles. The van der Waals surface area contributed by atoms with Crippen LogP contribution in [0.25, 0.3) is 0 Å². The van der Waals surface area contributed by atoms with E-state index in [1.54, 1.807) is 32.9 Å². The molecular formula is C49H75FN2O11. The molecule has 2 saturated carbocycles. The first-order valence-electron chi connectivity index (χ1n) is 23.6. The van der Waals surface area contributed by atoms with Crippen LogP contribution in [-0.4, -0.2) is 121 Å². The average molecular weight is 887 g/mol. The Kier molecular flexibility index (Phi) is 18.3. The summed E-state index contributed by atoms with van der Waals surface area (Å²) in [6, 6.07) is -1.24. The molecule has 3 aliphatic heterocycles. The molecule has 14 unspecified atom stereocenters. The van der Waals surface area contributed by atoms with Crippen LogP contribution in [0, 0.1) is 35.5 Å². The molecule has 3 heterocycles. The lowest BCUT2D eigenvalue weighted by atomic mass is 9.81. The normalized spacial score (nSPS) is 39.3. The van der Waals surface area contributed by atoms with Gasteiger partial charge in [-0.2, -0.15) is 0 Å². The van der Waals surface area contributed by atoms with Gasteiger partial charge in [0.1, 0.15) is 30.2 Å². The molecule has 2 saturated heterocycles. The summed E-state index contributed by atoms with van der Waals surface area (Å²) in [6.07, 6.45) is 7.07. The van der Waals surface area contributed by atoms with E-state index in [0.717, 1.165) is 24.8 Å². The van der Waals surface area contributed by atoms with E-state index in [4.69, 9.17) is 23.7 Å². The van der Waals surface area contributed by atoms with Crippen LogP contribution < -0.4 is 5.32 Å². The second-order valence-corrected chi connectivity index (χ2v) is 19.2. The quantitative estimate of drug-likeness (QED) is 0.139. The van der Waals surface area contributed by atoms with E-state index in [-0.39, 0.29) is 73.8 Å². The predicted octanol–water partition coefficient (Wildman–Crippen LogP) is 6.54. The van der Waals surface area contributed by atoms with Crippen molar-refractivity contribution in [2.24, 2.45) is 35.5 Å². The van der Waals surface area contributed by atoms with Crippen LogP contribution in [0.2, 0.25) is 0 Å². The maximum absolute atomic E-state index is 16.3. The van der Waals surface area contributed by atoms with Crippen LogP contribution in [0.4, 0.5) is 4.39 Å². The van der Waals surface area contributed by atoms with Crippen molar-refractivity contribution in [3.8, 4) is 0 Å². The lowest BCUT2D eigenvalue weighted by Gasteiger charge is -2.47. The minimum atomic E-state index is -2.58. The van der Waals surface area contributed by atoms with E-state index in [1.807, 2.05) is 20.8 Å². The molecule has 63 heavy (non-hydrogen) atoms. The zero-order valence-electron chi connectivity index (χ0n) is 39.0. The van der Waals surface area contributed by atoms with E-state index < -0.39 is 77.8 Å². The van der Waals surface area contributed by atoms with Crippen LogP contribution in [0.1, 0.15) is 125 Å². The molecule has 2 aliphatic carbocycles. The number of amides is 2. The Morgan fingerprint density at radius 2 is 1.68 bits per heavy atom. The molecule has 0 aromatic heterocycles. The highest BCUT2D eigenvalue weighted by molar-refractivity contribution is 6.39. The number of methoxy groups -OCH3 is 2. The van der Waals surface area contributed by atoms with E-state index in [2.05, 4.69) is 18.0 Å². The van der Waals surface area contributed by atoms with Gasteiger partial charge >= 0.3 is 5.97 Å². The number of carbonyl (C=O) groups excluding carboxylic acids is 5. The van der Waals surface area contributed by atoms with Crippen LogP contribution in [-0.2, 0) is 47.7 Å². The van der Waals surface area contributed by atoms with Gasteiger partial charge in [-0.25, -0.2) is 9.18 Å². The molecule has 0 spiro atoms. The number of allylic oxidation sites excluding steroid dienone is 3. The first kappa shape index (κ1) is 50.7. The van der Waals surface area contributed by atoms with Crippen molar-refractivity contribution in [3.05, 3.63) is 36.0 Å². The molecule has 0 radical (unpaired) electrons. The minimum absolute atomic E-state index is 0.0306. The number of carbonyl (C=O) groups is 5. The summed E-state index contributed by atoms with van der Waals surface area (Å²) >= 11 is 0. The highest BCUT2D eigenvalue weighted by atomic mass is 19.1. The van der Waals surface area contributed by atoms with Gasteiger partial charge in [-0.05, 0) is 120 Å². The third-order valence-electron chi connectivity index (χ3n) is 14.4. The van der Waals surface area contributed by atoms with Gasteiger partial charge in [-0.15, -0.1) is 6.58 Å². The number of hydrogen-bond donors (Lipinski definition) is 2. The summed E-state index contributed by atoms with van der Waals surface area (Å²) in [7, 11) is 2.92. The number of rotatable bonds is 10. The molecule has 2 amide bonds. The summed E-state index contributed by atoms with van der Waals surface area (Å²) in [5.74, 6) is -7.75. The number of piperidine rings is 1. The summed E-state index contributed by atoms with van der Waals surface area (Å²) in [5.41, 5.74) is 1.19. The minimum Gasteiger partial charge on any atom is -0.456 e. The van der Waals surface area contributed by atoms with Gasteiger partial charge in [0.25, 0.3) is 11.7 Å². The van der Waals surface area contributed by atoms with Crippen LogP contribution >= 0.6 is 0 Å². The smallest absolute Gasteiger partial charge is 0.329 e. The highest BCUT2D eigenvalue weighted by Gasteiger charge is 2.57. The number of hydrogen-bond acceptors (Lipinski definition) is 11. The van der Waals surface area contributed by atoms with Crippen molar-refractivity contribution in [1.82, 2.24) is 10.2 Å². The van der Waals surface area contributed by atoms with Gasteiger partial charge in [0, 0.05) is 44.9 Å². The summed E-state index contributed by atoms with van der Waals surface area (Å²) in [4.78, 5) is 70.9. The third kappa shape index (κ3) is 12.3. The number of halogens is 1. The number of ether oxygens (including phenoxy) is 5. The highest BCUT2D eigenvalue weighted by Crippen LogP contribution is 2.40. The van der Waals surface area contributed by atoms with Gasteiger partial charge in [0.05, 0.1) is 31.0 Å². The third-order valence-corrected chi connectivity index (χ3v) is 14.4. The van der Waals surface area contributed by atoms with E-state index >= 15 is 4.39 Å². The second kappa shape index (κ2) is 22.7. The van der Waals surface area contributed by atoms with Crippen molar-refractivity contribution in [2.45, 2.75) is 180 Å². The standard InChI is InChI=1S/C49H75FN2O11/c1-10-22-61-39-27-33(16-19-36(39)51-46(55)35-17-18-35)23-31(6)43-28(3)15-20-38(53)34(11-2)24-29(4)42(50)30(5)25-40(59-8)44-41(60-9)26-32(7)49(58,63-44)45(54)47(56)52-21-13-12-14-37(52)48(57)62-43/h10,23-24,28,30,32-37,39-44,58H,1,11-22,25-27H2,2-9H3,(H,51,55)/b29-24+,31-23?. The largest absolute Gasteiger partial charge is 0.456 e. The van der Waals surface area contributed by atoms with E-state index in [9.17, 15) is 29.1 Å². The average Bonchev–Trinajstić information content (AvgIpc) is 4.14. The maximum Gasteiger partial charge on any atom is 0.329 e. The number of ketones is 2. The molecule has 5 rings (SSSR count). The zero-order chi connectivity index (χ0) is 46.2. The molecule has 354 valence electrons. The second-order valence-electron chi connectivity index (χ2n) is 19.2. The Balaban J connectivity index is 1.49. The maximum atomic E-state index is 16.3. The van der Waals surface area contributed by atoms with Gasteiger partial charge in [0.2, 0.25) is 11.7 Å². The summed E-state index contributed by atoms with van der Waals surface area (Å²) in [6.45, 7) is 15.0. The number of fused-ring (bicyclic) bond motifs is 3. The number of aliphatic hydroxyl groups is 1. The Morgan fingerprint density at radius 1 is 0.984 bits per heavy atom. The van der Waals surface area contributed by atoms with Crippen molar-refractivity contribution in [3.63, 3.8) is 0 Å². The first-order valence-corrected chi connectivity index (χ1v) is 23.6. The predicted molar refractivity (Wildman–Crippen MR) is 235 cm³/mol. The van der Waals surface area contributed by atoms with E-state index in [1.165, 1.54) is 19.1 Å². The van der Waals surface area contributed by atoms with E-state index in [0.29, 0.717) is 50.7 Å². The molecule has 14 atom stereocenters. The SMILES string of the molecule is C=CCOC1CC(C=C(C)C2OC(=O)C3CCCCN3C(=O)C(=O)C3(O)OC(C(OC)CC(C)C(F)/C(C)=C/C(CC)C(=O)CCC2C)C(OC)CC3C)CCC1NC(=O)C1CC1. The van der Waals surface area contributed by atoms with Gasteiger partial charge in [0.15, 0.2) is 0 Å². The fourth-order valence-electron chi connectivity index (χ4n) is 10.2. The van der Waals surface area contributed by atoms with Crippen molar-refractivity contribution < 1.29 is 57.2 Å². The number of cyclic esters (lactones) is 1. The Bertz CT molecular complexity index is 1700. The molecule has 5 aliphatic rings. The Labute approximate surface area is 374 Å². The topological polar surface area (TPSA) is 167 Å². The molecule has 2 bridgehead atoms. The first-order chi connectivity index (χ1) is 30.0. The van der Waals surface area contributed by atoms with Gasteiger partial charge in [-0.3, -0.25) is 19.2 Å². The lowest BCUT2D eigenvalue weighted by Crippen LogP contribution is -2.64. The van der Waals surface area contributed by atoms with Crippen LogP contribution in [0.3, 0.4) is 0 Å². The van der Waals surface area contributed by atoms with Crippen molar-refractivity contribution >= 4 is 29.4 Å². The lowest BCUT2D eigenvalue weighted by molar-refractivity contribution is -0.302. The fraction of sp³-hybridized carbons (Fsp3) is 0.776. The van der Waals surface area contributed by atoms with Gasteiger partial charge in [-0.1, -0.05) is 45.9 Å².